The molecule has 1 N–H and O–H groups in total. The van der Waals surface area contributed by atoms with Crippen molar-refractivity contribution in [3.63, 3.8) is 0 Å². The Morgan fingerprint density at radius 2 is 2.33 bits per heavy atom. The smallest absolute Gasteiger partial charge is 0.0699 e. The molecule has 3 nitrogen and oxygen atoms in total. The van der Waals surface area contributed by atoms with Gasteiger partial charge in [-0.05, 0) is 18.2 Å². The number of rotatable bonds is 1. The third kappa shape index (κ3) is 1.16. The molecule has 4 heteroatoms. The molecule has 1 aromatic carbocycles. The van der Waals surface area contributed by atoms with E-state index >= 15 is 0 Å². The maximum Gasteiger partial charge on any atom is 0.0699 e. The van der Waals surface area contributed by atoms with Gasteiger partial charge in [0, 0.05) is 18.1 Å². The molecule has 0 saturated carbocycles. The SMILES string of the molecule is Cn1ncc2ccc(NI)cc21. The number of aromatic nitrogens is 2. The third-order valence-corrected chi connectivity index (χ3v) is 2.48. The van der Waals surface area contributed by atoms with Gasteiger partial charge in [-0.1, -0.05) is 0 Å². The Hall–Kier alpha value is -0.780. The van der Waals surface area contributed by atoms with Gasteiger partial charge in [-0.3, -0.25) is 4.68 Å². The minimum Gasteiger partial charge on any atom is -0.328 e. The highest BCUT2D eigenvalue weighted by Gasteiger charge is 1.98. The van der Waals surface area contributed by atoms with Crippen molar-refractivity contribution in [1.29, 1.82) is 0 Å². The molecule has 12 heavy (non-hydrogen) atoms. The Balaban J connectivity index is 2.71. The summed E-state index contributed by atoms with van der Waals surface area (Å²) in [6.45, 7) is 0. The van der Waals surface area contributed by atoms with Crippen molar-refractivity contribution in [3.8, 4) is 0 Å². The molecule has 0 saturated heterocycles. The monoisotopic (exact) mass is 273 g/mol. The highest BCUT2D eigenvalue weighted by molar-refractivity contribution is 14.1. The Labute approximate surface area is 84.3 Å². The van der Waals surface area contributed by atoms with Crippen molar-refractivity contribution in [2.75, 3.05) is 3.53 Å². The van der Waals surface area contributed by atoms with E-state index < -0.39 is 0 Å². The molecule has 2 rings (SSSR count). The van der Waals surface area contributed by atoms with E-state index in [-0.39, 0.29) is 0 Å². The molecule has 0 atom stereocenters. The standard InChI is InChI=1S/C8H8IN3/c1-12-8-4-7(11-9)3-2-6(8)5-10-12/h2-5,11H,1H3. The number of fused-ring (bicyclic) bond motifs is 1. The normalized spacial score (nSPS) is 10.5. The van der Waals surface area contributed by atoms with Crippen molar-refractivity contribution < 1.29 is 0 Å². The van der Waals surface area contributed by atoms with Crippen LogP contribution in [0.4, 0.5) is 5.69 Å². The lowest BCUT2D eigenvalue weighted by atomic mass is 10.2. The van der Waals surface area contributed by atoms with Crippen LogP contribution in [0.15, 0.2) is 24.4 Å². The van der Waals surface area contributed by atoms with E-state index in [1.807, 2.05) is 24.0 Å². The maximum absolute atomic E-state index is 4.16. The number of halogens is 1. The number of nitrogens with zero attached hydrogens (tertiary/aromatic N) is 2. The first-order valence-corrected chi connectivity index (χ1v) is 4.67. The fraction of sp³-hybridized carbons (Fsp3) is 0.125. The van der Waals surface area contributed by atoms with Crippen molar-refractivity contribution in [1.82, 2.24) is 9.78 Å². The van der Waals surface area contributed by atoms with Gasteiger partial charge in [-0.15, -0.1) is 0 Å². The van der Waals surface area contributed by atoms with E-state index in [9.17, 15) is 0 Å². The Kier molecular flexibility index (Phi) is 1.92. The second-order valence-electron chi connectivity index (χ2n) is 2.64. The van der Waals surface area contributed by atoms with Crippen molar-refractivity contribution in [2.24, 2.45) is 7.05 Å². The Bertz CT molecular complexity index is 408. The van der Waals surface area contributed by atoms with Gasteiger partial charge in [0.1, 0.15) is 0 Å². The van der Waals surface area contributed by atoms with E-state index in [0.29, 0.717) is 0 Å². The minimum atomic E-state index is 1.10. The van der Waals surface area contributed by atoms with Crippen LogP contribution in [0.25, 0.3) is 10.9 Å². The molecule has 2 aromatic rings. The molecular weight excluding hydrogens is 265 g/mol. The molecule has 62 valence electrons. The van der Waals surface area contributed by atoms with Gasteiger partial charge in [0.15, 0.2) is 0 Å². The largest absolute Gasteiger partial charge is 0.328 e. The minimum absolute atomic E-state index is 1.10. The number of hydrogen-bond acceptors (Lipinski definition) is 2. The third-order valence-electron chi connectivity index (χ3n) is 1.86. The summed E-state index contributed by atoms with van der Waals surface area (Å²) in [5.41, 5.74) is 2.25. The lowest BCUT2D eigenvalue weighted by molar-refractivity contribution is 0.797. The molecular formula is C8H8IN3. The molecule has 0 amide bonds. The predicted octanol–water partition coefficient (Wildman–Crippen LogP) is 2.34. The van der Waals surface area contributed by atoms with Gasteiger partial charge < -0.3 is 3.53 Å². The highest BCUT2D eigenvalue weighted by Crippen LogP contribution is 2.18. The average molecular weight is 273 g/mol. The van der Waals surface area contributed by atoms with Gasteiger partial charge in [0.05, 0.1) is 34.6 Å². The van der Waals surface area contributed by atoms with Gasteiger partial charge in [-0.25, -0.2) is 0 Å². The molecule has 0 radical (unpaired) electrons. The number of benzene rings is 1. The van der Waals surface area contributed by atoms with Crippen LogP contribution in [0, 0.1) is 0 Å². The molecule has 0 aliphatic heterocycles. The molecule has 0 fully saturated rings. The summed E-state index contributed by atoms with van der Waals surface area (Å²) in [4.78, 5) is 0. The Morgan fingerprint density at radius 1 is 1.50 bits per heavy atom. The van der Waals surface area contributed by atoms with Crippen LogP contribution in [0.1, 0.15) is 0 Å². The summed E-state index contributed by atoms with van der Waals surface area (Å²) in [5, 5.41) is 5.33. The quantitative estimate of drug-likeness (QED) is 0.638. The van der Waals surface area contributed by atoms with Gasteiger partial charge >= 0.3 is 0 Å². The fourth-order valence-corrected chi connectivity index (χ4v) is 1.54. The molecule has 1 heterocycles. The van der Waals surface area contributed by atoms with Crippen LogP contribution >= 0.6 is 22.9 Å². The second-order valence-corrected chi connectivity index (χ2v) is 3.18. The average Bonchev–Trinajstić information content (AvgIpc) is 2.47. The first-order valence-electron chi connectivity index (χ1n) is 3.59. The van der Waals surface area contributed by atoms with E-state index in [1.165, 1.54) is 5.39 Å². The first-order chi connectivity index (χ1) is 5.81. The van der Waals surface area contributed by atoms with Crippen LogP contribution < -0.4 is 3.53 Å². The predicted molar refractivity (Wildman–Crippen MR) is 58.4 cm³/mol. The molecule has 0 aliphatic rings. The highest BCUT2D eigenvalue weighted by atomic mass is 127. The van der Waals surface area contributed by atoms with E-state index in [4.69, 9.17) is 0 Å². The lowest BCUT2D eigenvalue weighted by Gasteiger charge is -1.98. The fourth-order valence-electron chi connectivity index (χ4n) is 1.20. The molecule has 0 aliphatic carbocycles. The molecule has 1 aromatic heterocycles. The topological polar surface area (TPSA) is 29.9 Å². The van der Waals surface area contributed by atoms with Crippen LogP contribution in [-0.4, -0.2) is 9.78 Å². The molecule has 0 bridgehead atoms. The number of nitrogens with one attached hydrogen (secondary N) is 1. The molecule has 0 unspecified atom stereocenters. The number of hydrogen-bond donors (Lipinski definition) is 1. The van der Waals surface area contributed by atoms with Crippen LogP contribution in [0.5, 0.6) is 0 Å². The summed E-state index contributed by atoms with van der Waals surface area (Å²) >= 11 is 2.12. The van der Waals surface area contributed by atoms with Gasteiger partial charge in [0.25, 0.3) is 0 Å². The van der Waals surface area contributed by atoms with Crippen LogP contribution in [0.2, 0.25) is 0 Å². The number of anilines is 1. The molecule has 0 spiro atoms. The van der Waals surface area contributed by atoms with E-state index in [1.54, 1.807) is 0 Å². The van der Waals surface area contributed by atoms with Crippen molar-refractivity contribution >= 4 is 39.5 Å². The first kappa shape index (κ1) is 7.85. The van der Waals surface area contributed by atoms with Crippen LogP contribution in [-0.2, 0) is 7.05 Å². The second kappa shape index (κ2) is 2.93. The Morgan fingerprint density at radius 3 is 3.08 bits per heavy atom. The van der Waals surface area contributed by atoms with E-state index in [0.717, 1.165) is 11.2 Å². The summed E-state index contributed by atoms with van der Waals surface area (Å²) < 4.78 is 4.93. The summed E-state index contributed by atoms with van der Waals surface area (Å²) in [5.74, 6) is 0. The van der Waals surface area contributed by atoms with Crippen LogP contribution in [0.3, 0.4) is 0 Å². The summed E-state index contributed by atoms with van der Waals surface area (Å²) in [6.07, 6.45) is 1.87. The number of aryl methyl sites for hydroxylation is 1. The zero-order valence-electron chi connectivity index (χ0n) is 6.58. The summed E-state index contributed by atoms with van der Waals surface area (Å²) in [7, 11) is 1.94. The van der Waals surface area contributed by atoms with E-state index in [2.05, 4.69) is 43.6 Å². The summed E-state index contributed by atoms with van der Waals surface area (Å²) in [6, 6.07) is 6.18. The van der Waals surface area contributed by atoms with Crippen molar-refractivity contribution in [3.05, 3.63) is 24.4 Å². The van der Waals surface area contributed by atoms with Crippen molar-refractivity contribution in [2.45, 2.75) is 0 Å². The zero-order valence-corrected chi connectivity index (χ0v) is 8.74. The maximum atomic E-state index is 4.16. The van der Waals surface area contributed by atoms with Gasteiger partial charge in [-0.2, -0.15) is 5.10 Å². The van der Waals surface area contributed by atoms with Gasteiger partial charge in [0.2, 0.25) is 0 Å². The lowest BCUT2D eigenvalue weighted by Crippen LogP contribution is -1.89. The zero-order chi connectivity index (χ0) is 8.55.